The lowest BCUT2D eigenvalue weighted by atomic mass is 9.93. The molecule has 0 radical (unpaired) electrons. The molecule has 0 spiro atoms. The van der Waals surface area contributed by atoms with Crippen LogP contribution in [0.2, 0.25) is 0 Å². The molecule has 2 nitrogen and oxygen atoms in total. The molecule has 112 valence electrons. The van der Waals surface area contributed by atoms with Crippen LogP contribution in [0.1, 0.15) is 12.0 Å². The zero-order chi connectivity index (χ0) is 14.6. The molecule has 0 bridgehead atoms. The molecule has 6 heteroatoms. The number of halogens is 3. The topological polar surface area (TPSA) is 21.3 Å². The summed E-state index contributed by atoms with van der Waals surface area (Å²) in [5, 5.41) is 3.32. The van der Waals surface area contributed by atoms with Gasteiger partial charge in [-0.1, -0.05) is 12.1 Å². The molecule has 1 N–H and O–H groups in total. The van der Waals surface area contributed by atoms with Crippen molar-refractivity contribution in [2.75, 3.05) is 18.6 Å². The number of alkyl halides is 3. The number of ether oxygens (including phenoxy) is 1. The number of likely N-dealkylation sites (N-methyl/N-ethyl adjacent to an activating group) is 1. The van der Waals surface area contributed by atoms with Crippen LogP contribution in [0.4, 0.5) is 13.2 Å². The fourth-order valence-corrected chi connectivity index (χ4v) is 3.79. The molecule has 0 aromatic heterocycles. The lowest BCUT2D eigenvalue weighted by Crippen LogP contribution is -2.35. The summed E-state index contributed by atoms with van der Waals surface area (Å²) in [5.74, 6) is 2.82. The normalized spacial score (nSPS) is 20.9. The smallest absolute Gasteiger partial charge is 0.406 e. The van der Waals surface area contributed by atoms with Gasteiger partial charge in [0, 0.05) is 6.04 Å². The van der Waals surface area contributed by atoms with Gasteiger partial charge in [-0.3, -0.25) is 0 Å². The van der Waals surface area contributed by atoms with Crippen LogP contribution < -0.4 is 10.1 Å². The second kappa shape index (κ2) is 6.72. The summed E-state index contributed by atoms with van der Waals surface area (Å²) in [6, 6.07) is 6.53. The first-order valence-electron chi connectivity index (χ1n) is 6.57. The molecule has 20 heavy (non-hydrogen) atoms. The van der Waals surface area contributed by atoms with E-state index in [9.17, 15) is 13.2 Å². The minimum absolute atomic E-state index is 0.168. The monoisotopic (exact) mass is 305 g/mol. The average Bonchev–Trinajstić information content (AvgIpc) is 2.90. The number of hydrogen-bond donors (Lipinski definition) is 1. The van der Waals surface area contributed by atoms with E-state index in [4.69, 9.17) is 0 Å². The quantitative estimate of drug-likeness (QED) is 0.900. The van der Waals surface area contributed by atoms with E-state index in [1.807, 2.05) is 18.8 Å². The van der Waals surface area contributed by atoms with E-state index in [2.05, 4.69) is 10.1 Å². The SMILES string of the molecule is CNC(Cc1ccc(OC(F)(F)F)cc1)C1CCSC1. The number of hydrogen-bond acceptors (Lipinski definition) is 3. The van der Waals surface area contributed by atoms with E-state index in [1.165, 1.54) is 24.3 Å². The van der Waals surface area contributed by atoms with Crippen molar-refractivity contribution >= 4 is 11.8 Å². The maximum absolute atomic E-state index is 12.1. The van der Waals surface area contributed by atoms with Crippen LogP contribution in [0.25, 0.3) is 0 Å². The molecular weight excluding hydrogens is 287 g/mol. The van der Waals surface area contributed by atoms with Crippen molar-refractivity contribution in [3.63, 3.8) is 0 Å². The summed E-state index contributed by atoms with van der Waals surface area (Å²) in [7, 11) is 1.94. The first kappa shape index (κ1) is 15.5. The molecule has 1 aromatic carbocycles. The summed E-state index contributed by atoms with van der Waals surface area (Å²) in [5.41, 5.74) is 1.02. The standard InChI is InChI=1S/C14H18F3NOS/c1-18-13(11-6-7-20-9-11)8-10-2-4-12(5-3-10)19-14(15,16)17/h2-5,11,13,18H,6-9H2,1H3. The molecule has 0 saturated carbocycles. The number of benzene rings is 1. The van der Waals surface area contributed by atoms with Gasteiger partial charge in [0.1, 0.15) is 5.75 Å². The Morgan fingerprint density at radius 3 is 2.55 bits per heavy atom. The summed E-state index contributed by atoms with van der Waals surface area (Å²) in [4.78, 5) is 0. The molecule has 1 aromatic rings. The predicted molar refractivity (Wildman–Crippen MR) is 75.1 cm³/mol. The van der Waals surface area contributed by atoms with Gasteiger partial charge in [-0.05, 0) is 55.0 Å². The zero-order valence-corrected chi connectivity index (χ0v) is 12.1. The Labute approximate surface area is 121 Å². The first-order chi connectivity index (χ1) is 9.48. The van der Waals surface area contributed by atoms with Crippen molar-refractivity contribution in [1.82, 2.24) is 5.32 Å². The summed E-state index contributed by atoms with van der Waals surface area (Å²) in [6.45, 7) is 0. The molecule has 2 rings (SSSR count). The third kappa shape index (κ3) is 4.59. The van der Waals surface area contributed by atoms with Crippen LogP contribution in [0.15, 0.2) is 24.3 Å². The van der Waals surface area contributed by atoms with Gasteiger partial charge in [-0.15, -0.1) is 13.2 Å². The van der Waals surface area contributed by atoms with Crippen molar-refractivity contribution in [3.05, 3.63) is 29.8 Å². The van der Waals surface area contributed by atoms with Gasteiger partial charge in [0.25, 0.3) is 0 Å². The van der Waals surface area contributed by atoms with Gasteiger partial charge in [0.2, 0.25) is 0 Å². The van der Waals surface area contributed by atoms with Gasteiger partial charge >= 0.3 is 6.36 Å². The maximum Gasteiger partial charge on any atom is 0.573 e. The fourth-order valence-electron chi connectivity index (χ4n) is 2.46. The minimum atomic E-state index is -4.63. The van der Waals surface area contributed by atoms with Crippen LogP contribution >= 0.6 is 11.8 Å². The molecule has 1 fully saturated rings. The molecule has 1 saturated heterocycles. The van der Waals surface area contributed by atoms with Crippen LogP contribution in [0.3, 0.4) is 0 Å². The van der Waals surface area contributed by atoms with Crippen molar-refractivity contribution in [2.45, 2.75) is 25.2 Å². The van der Waals surface area contributed by atoms with Crippen molar-refractivity contribution in [2.24, 2.45) is 5.92 Å². The van der Waals surface area contributed by atoms with Crippen LogP contribution in [0.5, 0.6) is 5.75 Å². The van der Waals surface area contributed by atoms with E-state index in [0.717, 1.165) is 17.7 Å². The molecule has 1 aliphatic heterocycles. The Kier molecular flexibility index (Phi) is 5.21. The highest BCUT2D eigenvalue weighted by molar-refractivity contribution is 7.99. The van der Waals surface area contributed by atoms with Crippen molar-refractivity contribution < 1.29 is 17.9 Å². The molecule has 0 amide bonds. The van der Waals surface area contributed by atoms with Gasteiger partial charge in [0.15, 0.2) is 0 Å². The maximum atomic E-state index is 12.1. The van der Waals surface area contributed by atoms with Crippen LogP contribution in [0, 0.1) is 5.92 Å². The molecule has 1 aliphatic rings. The first-order valence-corrected chi connectivity index (χ1v) is 7.73. The Morgan fingerprint density at radius 2 is 2.05 bits per heavy atom. The Morgan fingerprint density at radius 1 is 1.35 bits per heavy atom. The molecule has 0 aliphatic carbocycles. The van der Waals surface area contributed by atoms with Gasteiger partial charge in [-0.2, -0.15) is 11.8 Å². The second-order valence-electron chi connectivity index (χ2n) is 4.91. The summed E-state index contributed by atoms with van der Waals surface area (Å²) >= 11 is 1.96. The average molecular weight is 305 g/mol. The zero-order valence-electron chi connectivity index (χ0n) is 11.2. The van der Waals surface area contributed by atoms with Gasteiger partial charge in [-0.25, -0.2) is 0 Å². The minimum Gasteiger partial charge on any atom is -0.406 e. The Hall–Kier alpha value is -0.880. The largest absolute Gasteiger partial charge is 0.573 e. The van der Waals surface area contributed by atoms with E-state index < -0.39 is 6.36 Å². The number of rotatable bonds is 5. The van der Waals surface area contributed by atoms with E-state index in [-0.39, 0.29) is 5.75 Å². The molecule has 2 unspecified atom stereocenters. The van der Waals surface area contributed by atoms with Crippen LogP contribution in [-0.4, -0.2) is 31.0 Å². The van der Waals surface area contributed by atoms with Gasteiger partial charge in [0.05, 0.1) is 0 Å². The predicted octanol–water partition coefficient (Wildman–Crippen LogP) is 3.47. The lowest BCUT2D eigenvalue weighted by Gasteiger charge is -2.22. The Bertz CT molecular complexity index is 415. The highest BCUT2D eigenvalue weighted by Gasteiger charge is 2.31. The summed E-state index contributed by atoms with van der Waals surface area (Å²) < 4.78 is 40.1. The highest BCUT2D eigenvalue weighted by Crippen LogP contribution is 2.28. The molecule has 2 atom stereocenters. The number of thioether (sulfide) groups is 1. The third-order valence-corrected chi connectivity index (χ3v) is 4.71. The Balaban J connectivity index is 1.95. The van der Waals surface area contributed by atoms with Crippen molar-refractivity contribution in [3.8, 4) is 5.75 Å². The van der Waals surface area contributed by atoms with Crippen LogP contribution in [-0.2, 0) is 6.42 Å². The molecule has 1 heterocycles. The van der Waals surface area contributed by atoms with E-state index in [1.54, 1.807) is 12.1 Å². The lowest BCUT2D eigenvalue weighted by molar-refractivity contribution is -0.274. The van der Waals surface area contributed by atoms with Crippen molar-refractivity contribution in [1.29, 1.82) is 0 Å². The van der Waals surface area contributed by atoms with Gasteiger partial charge < -0.3 is 10.1 Å². The van der Waals surface area contributed by atoms with E-state index >= 15 is 0 Å². The number of nitrogens with one attached hydrogen (secondary N) is 1. The fraction of sp³-hybridized carbons (Fsp3) is 0.571. The summed E-state index contributed by atoms with van der Waals surface area (Å²) in [6.07, 6.45) is -2.60. The highest BCUT2D eigenvalue weighted by atomic mass is 32.2. The third-order valence-electron chi connectivity index (χ3n) is 3.52. The second-order valence-corrected chi connectivity index (χ2v) is 6.06. The van der Waals surface area contributed by atoms with E-state index in [0.29, 0.717) is 12.0 Å². The molecular formula is C14H18F3NOS.